The van der Waals surface area contributed by atoms with E-state index in [0.29, 0.717) is 5.75 Å². The average Bonchev–Trinajstić information content (AvgIpc) is 2.87. The van der Waals surface area contributed by atoms with Crippen molar-refractivity contribution in [1.82, 2.24) is 0 Å². The number of ether oxygens (including phenoxy) is 2. The fourth-order valence-corrected chi connectivity index (χ4v) is 3.30. The minimum atomic E-state index is -4.86. The standard InChI is InChI=1S/C23H19F3O4/c1-12(2)20(27)29-14-6-8-16-17-9-7-15(30-21(28)13(3)23(24,25)26)11-19(17)22(4,5)18(16)10-14/h6-11H,1,3H2,2,4-5H3. The second-order valence-corrected chi connectivity index (χ2v) is 7.58. The van der Waals surface area contributed by atoms with Crippen molar-refractivity contribution in [1.29, 1.82) is 0 Å². The number of carbonyl (C=O) groups is 2. The Labute approximate surface area is 171 Å². The van der Waals surface area contributed by atoms with E-state index in [9.17, 15) is 22.8 Å². The van der Waals surface area contributed by atoms with Crippen molar-refractivity contribution in [2.45, 2.75) is 32.4 Å². The van der Waals surface area contributed by atoms with E-state index >= 15 is 0 Å². The summed E-state index contributed by atoms with van der Waals surface area (Å²) in [6.07, 6.45) is -4.86. The Morgan fingerprint density at radius 3 is 1.70 bits per heavy atom. The first-order chi connectivity index (χ1) is 13.8. The Balaban J connectivity index is 1.93. The molecule has 0 saturated heterocycles. The van der Waals surface area contributed by atoms with Crippen LogP contribution in [0.5, 0.6) is 11.5 Å². The van der Waals surface area contributed by atoms with Gasteiger partial charge in [-0.25, -0.2) is 9.59 Å². The van der Waals surface area contributed by atoms with Gasteiger partial charge in [0.1, 0.15) is 17.1 Å². The van der Waals surface area contributed by atoms with Gasteiger partial charge in [-0.15, -0.1) is 0 Å². The van der Waals surface area contributed by atoms with E-state index in [2.05, 4.69) is 13.2 Å². The van der Waals surface area contributed by atoms with Crippen LogP contribution in [0.4, 0.5) is 13.2 Å². The lowest BCUT2D eigenvalue weighted by atomic mass is 9.82. The van der Waals surface area contributed by atoms with Crippen molar-refractivity contribution in [2.75, 3.05) is 0 Å². The van der Waals surface area contributed by atoms with Crippen LogP contribution in [-0.2, 0) is 15.0 Å². The highest BCUT2D eigenvalue weighted by Crippen LogP contribution is 2.50. The monoisotopic (exact) mass is 416 g/mol. The van der Waals surface area contributed by atoms with Crippen LogP contribution in [0.25, 0.3) is 11.1 Å². The molecule has 0 heterocycles. The normalized spacial score (nSPS) is 13.8. The number of halogens is 3. The number of hydrogen-bond acceptors (Lipinski definition) is 4. The van der Waals surface area contributed by atoms with Gasteiger partial charge in [0.05, 0.1) is 0 Å². The molecule has 30 heavy (non-hydrogen) atoms. The van der Waals surface area contributed by atoms with Crippen LogP contribution in [0.15, 0.2) is 60.7 Å². The van der Waals surface area contributed by atoms with Gasteiger partial charge in [0, 0.05) is 11.0 Å². The van der Waals surface area contributed by atoms with Crippen LogP contribution in [-0.4, -0.2) is 18.1 Å². The topological polar surface area (TPSA) is 52.6 Å². The molecular formula is C23H19F3O4. The smallest absolute Gasteiger partial charge is 0.422 e. The van der Waals surface area contributed by atoms with Gasteiger partial charge in [0.15, 0.2) is 0 Å². The van der Waals surface area contributed by atoms with Crippen molar-refractivity contribution in [3.63, 3.8) is 0 Å². The van der Waals surface area contributed by atoms with Gasteiger partial charge >= 0.3 is 18.1 Å². The van der Waals surface area contributed by atoms with Crippen LogP contribution in [0, 0.1) is 0 Å². The minimum Gasteiger partial charge on any atom is -0.423 e. The summed E-state index contributed by atoms with van der Waals surface area (Å²) in [6, 6.07) is 9.86. The molecule has 1 aliphatic carbocycles. The zero-order chi connectivity index (χ0) is 22.4. The number of fused-ring (bicyclic) bond motifs is 3. The van der Waals surface area contributed by atoms with Crippen molar-refractivity contribution < 1.29 is 32.2 Å². The van der Waals surface area contributed by atoms with Crippen molar-refractivity contribution >= 4 is 11.9 Å². The number of hydrogen-bond donors (Lipinski definition) is 0. The molecule has 1 aliphatic rings. The zero-order valence-corrected chi connectivity index (χ0v) is 16.6. The molecule has 0 saturated carbocycles. The van der Waals surface area contributed by atoms with Crippen LogP contribution in [0.1, 0.15) is 31.9 Å². The molecule has 2 aromatic carbocycles. The van der Waals surface area contributed by atoms with Gasteiger partial charge in [-0.3, -0.25) is 0 Å². The third-order valence-electron chi connectivity index (χ3n) is 4.98. The quantitative estimate of drug-likeness (QED) is 0.375. The predicted molar refractivity (Wildman–Crippen MR) is 105 cm³/mol. The van der Waals surface area contributed by atoms with E-state index in [1.165, 1.54) is 12.1 Å². The highest BCUT2D eigenvalue weighted by atomic mass is 19.4. The Bertz CT molecular complexity index is 1090. The van der Waals surface area contributed by atoms with Gasteiger partial charge in [0.2, 0.25) is 0 Å². The van der Waals surface area contributed by atoms with Gasteiger partial charge in [-0.2, -0.15) is 13.2 Å². The van der Waals surface area contributed by atoms with Crippen molar-refractivity contribution in [3.05, 3.63) is 71.8 Å². The predicted octanol–water partition coefficient (Wildman–Crippen LogP) is 5.50. The number of esters is 2. The fourth-order valence-electron chi connectivity index (χ4n) is 3.30. The first-order valence-corrected chi connectivity index (χ1v) is 8.97. The van der Waals surface area contributed by atoms with Crippen LogP contribution in [0.3, 0.4) is 0 Å². The molecule has 0 aromatic heterocycles. The minimum absolute atomic E-state index is 0.0148. The molecule has 4 nitrogen and oxygen atoms in total. The van der Waals surface area contributed by atoms with Crippen molar-refractivity contribution in [2.24, 2.45) is 0 Å². The molecule has 0 radical (unpaired) electrons. The molecule has 7 heteroatoms. The van der Waals surface area contributed by atoms with Gasteiger partial charge < -0.3 is 9.47 Å². The average molecular weight is 416 g/mol. The summed E-state index contributed by atoms with van der Waals surface area (Å²) in [5, 5.41) is 0. The molecule has 0 spiro atoms. The van der Waals surface area contributed by atoms with E-state index in [1.807, 2.05) is 13.8 Å². The summed E-state index contributed by atoms with van der Waals surface area (Å²) < 4.78 is 48.2. The highest BCUT2D eigenvalue weighted by molar-refractivity contribution is 5.91. The first kappa shape index (κ1) is 21.4. The maximum atomic E-state index is 12.7. The Hall–Kier alpha value is -3.35. The van der Waals surface area contributed by atoms with Crippen molar-refractivity contribution in [3.8, 4) is 22.6 Å². The summed E-state index contributed by atoms with van der Waals surface area (Å²) >= 11 is 0. The number of alkyl halides is 3. The molecule has 0 unspecified atom stereocenters. The van der Waals surface area contributed by atoms with Gasteiger partial charge in [0.25, 0.3) is 0 Å². The molecule has 0 amide bonds. The molecule has 0 aliphatic heterocycles. The molecule has 0 bridgehead atoms. The molecule has 0 atom stereocenters. The summed E-state index contributed by atoms with van der Waals surface area (Å²) in [5.74, 6) is -1.75. The van der Waals surface area contributed by atoms with E-state index < -0.39 is 29.1 Å². The SMILES string of the molecule is C=C(C)C(=O)Oc1ccc2c(c1)C(C)(C)c1cc(OC(=O)C(=C)C(F)(F)F)ccc1-2. The lowest BCUT2D eigenvalue weighted by molar-refractivity contribution is -0.142. The number of carbonyl (C=O) groups excluding carboxylic acids is 2. The van der Waals surface area contributed by atoms with E-state index in [4.69, 9.17) is 9.47 Å². The van der Waals surface area contributed by atoms with Gasteiger partial charge in [-0.05, 0) is 53.4 Å². The Morgan fingerprint density at radius 1 is 0.867 bits per heavy atom. The van der Waals surface area contributed by atoms with E-state index in [1.54, 1.807) is 31.2 Å². The highest BCUT2D eigenvalue weighted by Gasteiger charge is 2.39. The maximum absolute atomic E-state index is 12.7. The summed E-state index contributed by atoms with van der Waals surface area (Å²) in [7, 11) is 0. The molecule has 156 valence electrons. The number of benzene rings is 2. The third-order valence-corrected chi connectivity index (χ3v) is 4.98. The summed E-state index contributed by atoms with van der Waals surface area (Å²) in [4.78, 5) is 23.6. The lowest BCUT2D eigenvalue weighted by Crippen LogP contribution is -2.23. The largest absolute Gasteiger partial charge is 0.423 e. The van der Waals surface area contributed by atoms with E-state index in [-0.39, 0.29) is 11.3 Å². The van der Waals surface area contributed by atoms with Crippen LogP contribution >= 0.6 is 0 Å². The van der Waals surface area contributed by atoms with E-state index in [0.717, 1.165) is 22.3 Å². The molecular weight excluding hydrogens is 397 g/mol. The first-order valence-electron chi connectivity index (χ1n) is 8.97. The lowest BCUT2D eigenvalue weighted by Gasteiger charge is -2.22. The molecule has 0 fully saturated rings. The van der Waals surface area contributed by atoms with Crippen LogP contribution in [0.2, 0.25) is 0 Å². The zero-order valence-electron chi connectivity index (χ0n) is 16.6. The molecule has 2 aromatic rings. The molecule has 3 rings (SSSR count). The maximum Gasteiger partial charge on any atom is 0.422 e. The summed E-state index contributed by atoms with van der Waals surface area (Å²) in [5.41, 5.74) is 1.50. The second-order valence-electron chi connectivity index (χ2n) is 7.58. The Morgan fingerprint density at radius 2 is 1.30 bits per heavy atom. The Kier molecular flexibility index (Phi) is 5.10. The molecule has 0 N–H and O–H groups in total. The summed E-state index contributed by atoms with van der Waals surface area (Å²) in [6.45, 7) is 11.7. The second kappa shape index (κ2) is 7.16. The van der Waals surface area contributed by atoms with Crippen LogP contribution < -0.4 is 9.47 Å². The third kappa shape index (κ3) is 3.75. The van der Waals surface area contributed by atoms with Gasteiger partial charge in [-0.1, -0.05) is 39.1 Å². The fraction of sp³-hybridized carbons (Fsp3) is 0.217. The number of rotatable bonds is 4.